The third-order valence-corrected chi connectivity index (χ3v) is 3.98. The number of halogens is 1. The van der Waals surface area contributed by atoms with Crippen molar-refractivity contribution in [2.75, 3.05) is 13.7 Å². The highest BCUT2D eigenvalue weighted by Crippen LogP contribution is 2.19. The van der Waals surface area contributed by atoms with Crippen molar-refractivity contribution in [3.8, 4) is 5.75 Å². The first-order valence-electron chi connectivity index (χ1n) is 7.81. The van der Waals surface area contributed by atoms with Crippen LogP contribution in [-0.2, 0) is 17.6 Å². The van der Waals surface area contributed by atoms with Crippen molar-refractivity contribution in [2.24, 2.45) is 0 Å². The van der Waals surface area contributed by atoms with E-state index in [1.165, 1.54) is 12.1 Å². The number of rotatable bonds is 6. The maximum absolute atomic E-state index is 13.4. The molecule has 2 N–H and O–H groups in total. The van der Waals surface area contributed by atoms with E-state index in [2.05, 4.69) is 10.3 Å². The normalized spacial score (nSPS) is 10.8. The van der Waals surface area contributed by atoms with E-state index in [-0.39, 0.29) is 18.1 Å². The zero-order chi connectivity index (χ0) is 16.9. The third-order valence-electron chi connectivity index (χ3n) is 3.98. The van der Waals surface area contributed by atoms with Gasteiger partial charge in [-0.3, -0.25) is 4.79 Å². The standard InChI is InChI=1S/C19H19FN2O2/c1-24-16-5-2-13(3-6-16)8-9-21-19(23)10-14-12-22-18-7-4-15(20)11-17(14)18/h2-7,11-12,22H,8-10H2,1H3,(H,21,23). The topological polar surface area (TPSA) is 54.1 Å². The Kier molecular flexibility index (Phi) is 4.79. The molecule has 0 spiro atoms. The molecule has 0 aliphatic heterocycles. The number of benzene rings is 2. The number of carbonyl (C=O) groups excluding carboxylic acids is 1. The van der Waals surface area contributed by atoms with Crippen LogP contribution in [0.5, 0.6) is 5.75 Å². The Hall–Kier alpha value is -2.82. The molecule has 0 fully saturated rings. The van der Waals surface area contributed by atoms with Crippen LogP contribution in [-0.4, -0.2) is 24.5 Å². The second-order valence-electron chi connectivity index (χ2n) is 5.63. The Morgan fingerprint density at radius 2 is 2.00 bits per heavy atom. The van der Waals surface area contributed by atoms with Gasteiger partial charge in [0.05, 0.1) is 13.5 Å². The molecule has 0 bridgehead atoms. The lowest BCUT2D eigenvalue weighted by Crippen LogP contribution is -2.27. The predicted molar refractivity (Wildman–Crippen MR) is 91.7 cm³/mol. The summed E-state index contributed by atoms with van der Waals surface area (Å²) in [5, 5.41) is 3.65. The lowest BCUT2D eigenvalue weighted by Gasteiger charge is -2.06. The molecule has 24 heavy (non-hydrogen) atoms. The van der Waals surface area contributed by atoms with Crippen molar-refractivity contribution in [3.05, 3.63) is 65.6 Å². The molecule has 0 saturated heterocycles. The van der Waals surface area contributed by atoms with Crippen LogP contribution in [0.25, 0.3) is 10.9 Å². The fraction of sp³-hybridized carbons (Fsp3) is 0.211. The Morgan fingerprint density at radius 3 is 2.75 bits per heavy atom. The van der Waals surface area contributed by atoms with E-state index < -0.39 is 0 Å². The van der Waals surface area contributed by atoms with Gasteiger partial charge in [0.25, 0.3) is 0 Å². The highest BCUT2D eigenvalue weighted by atomic mass is 19.1. The minimum absolute atomic E-state index is 0.0753. The van der Waals surface area contributed by atoms with Gasteiger partial charge in [-0.15, -0.1) is 0 Å². The van der Waals surface area contributed by atoms with Crippen LogP contribution in [0, 0.1) is 5.82 Å². The maximum atomic E-state index is 13.4. The summed E-state index contributed by atoms with van der Waals surface area (Å²) in [6.45, 7) is 0.557. The molecule has 2 aromatic carbocycles. The fourth-order valence-corrected chi connectivity index (χ4v) is 2.67. The number of fused-ring (bicyclic) bond motifs is 1. The van der Waals surface area contributed by atoms with Crippen molar-refractivity contribution in [2.45, 2.75) is 12.8 Å². The molecule has 0 atom stereocenters. The van der Waals surface area contributed by atoms with Crippen LogP contribution in [0.4, 0.5) is 4.39 Å². The van der Waals surface area contributed by atoms with Crippen molar-refractivity contribution in [1.82, 2.24) is 10.3 Å². The Morgan fingerprint density at radius 1 is 1.21 bits per heavy atom. The summed E-state index contributed by atoms with van der Waals surface area (Å²) in [4.78, 5) is 15.1. The molecule has 4 nitrogen and oxygen atoms in total. The molecule has 3 rings (SSSR count). The van der Waals surface area contributed by atoms with Crippen molar-refractivity contribution >= 4 is 16.8 Å². The Labute approximate surface area is 139 Å². The molecule has 0 aliphatic rings. The van der Waals surface area contributed by atoms with Crippen molar-refractivity contribution in [3.63, 3.8) is 0 Å². The zero-order valence-corrected chi connectivity index (χ0v) is 13.4. The smallest absolute Gasteiger partial charge is 0.224 e. The molecule has 1 heterocycles. The number of amides is 1. The number of methoxy groups -OCH3 is 1. The largest absolute Gasteiger partial charge is 0.497 e. The SMILES string of the molecule is COc1ccc(CCNC(=O)Cc2c[nH]c3ccc(F)cc23)cc1. The molecule has 0 aliphatic carbocycles. The molecular weight excluding hydrogens is 307 g/mol. The minimum Gasteiger partial charge on any atom is -0.497 e. The van der Waals surface area contributed by atoms with Crippen LogP contribution in [0.15, 0.2) is 48.7 Å². The molecule has 1 amide bonds. The molecule has 0 unspecified atom stereocenters. The molecule has 0 radical (unpaired) electrons. The number of hydrogen-bond donors (Lipinski definition) is 2. The van der Waals surface area contributed by atoms with E-state index in [9.17, 15) is 9.18 Å². The van der Waals surface area contributed by atoms with Crippen LogP contribution in [0.1, 0.15) is 11.1 Å². The van der Waals surface area contributed by atoms with Crippen LogP contribution in [0.2, 0.25) is 0 Å². The molecule has 3 aromatic rings. The fourth-order valence-electron chi connectivity index (χ4n) is 2.67. The summed E-state index contributed by atoms with van der Waals surface area (Å²) >= 11 is 0. The van der Waals surface area contributed by atoms with Crippen LogP contribution < -0.4 is 10.1 Å². The van der Waals surface area contributed by atoms with Gasteiger partial charge in [0, 0.05) is 23.6 Å². The Balaban J connectivity index is 1.54. The van der Waals surface area contributed by atoms with Gasteiger partial charge in [-0.2, -0.15) is 0 Å². The molecule has 1 aromatic heterocycles. The lowest BCUT2D eigenvalue weighted by molar-refractivity contribution is -0.120. The monoisotopic (exact) mass is 326 g/mol. The number of nitrogens with one attached hydrogen (secondary N) is 2. The molecule has 0 saturated carbocycles. The first-order chi connectivity index (χ1) is 11.7. The predicted octanol–water partition coefficient (Wildman–Crippen LogP) is 3.22. The van der Waals surface area contributed by atoms with Crippen molar-refractivity contribution < 1.29 is 13.9 Å². The average Bonchev–Trinajstić information content (AvgIpc) is 2.97. The van der Waals surface area contributed by atoms with E-state index >= 15 is 0 Å². The van der Waals surface area contributed by atoms with E-state index in [1.54, 1.807) is 19.4 Å². The van der Waals surface area contributed by atoms with Gasteiger partial charge in [-0.05, 0) is 47.9 Å². The number of aromatic nitrogens is 1. The highest BCUT2D eigenvalue weighted by Gasteiger charge is 2.09. The molecule has 124 valence electrons. The van der Waals surface area contributed by atoms with Gasteiger partial charge < -0.3 is 15.0 Å². The summed E-state index contributed by atoms with van der Waals surface area (Å²) in [5.41, 5.74) is 2.76. The summed E-state index contributed by atoms with van der Waals surface area (Å²) in [7, 11) is 1.63. The lowest BCUT2D eigenvalue weighted by atomic mass is 10.1. The average molecular weight is 326 g/mol. The number of aromatic amines is 1. The first kappa shape index (κ1) is 16.1. The van der Waals surface area contributed by atoms with E-state index in [1.807, 2.05) is 24.3 Å². The van der Waals surface area contributed by atoms with Gasteiger partial charge in [0.1, 0.15) is 11.6 Å². The van der Waals surface area contributed by atoms with Gasteiger partial charge in [0.2, 0.25) is 5.91 Å². The summed E-state index contributed by atoms with van der Waals surface area (Å²) in [6.07, 6.45) is 2.73. The van der Waals surface area contributed by atoms with Crippen LogP contribution >= 0.6 is 0 Å². The van der Waals surface area contributed by atoms with Crippen LogP contribution in [0.3, 0.4) is 0 Å². The highest BCUT2D eigenvalue weighted by molar-refractivity contribution is 5.88. The van der Waals surface area contributed by atoms with Gasteiger partial charge in [-0.25, -0.2) is 4.39 Å². The number of ether oxygens (including phenoxy) is 1. The molecule has 5 heteroatoms. The number of hydrogen-bond acceptors (Lipinski definition) is 2. The van der Waals surface area contributed by atoms with E-state index in [4.69, 9.17) is 4.74 Å². The Bertz CT molecular complexity index is 840. The first-order valence-corrected chi connectivity index (χ1v) is 7.81. The van der Waals surface area contributed by atoms with E-state index in [0.29, 0.717) is 6.54 Å². The van der Waals surface area contributed by atoms with Crippen molar-refractivity contribution in [1.29, 1.82) is 0 Å². The summed E-state index contributed by atoms with van der Waals surface area (Å²) < 4.78 is 18.5. The number of H-pyrrole nitrogens is 1. The van der Waals surface area contributed by atoms with Gasteiger partial charge >= 0.3 is 0 Å². The zero-order valence-electron chi connectivity index (χ0n) is 13.4. The second-order valence-corrected chi connectivity index (χ2v) is 5.63. The number of carbonyl (C=O) groups is 1. The van der Waals surface area contributed by atoms with Gasteiger partial charge in [-0.1, -0.05) is 12.1 Å². The summed E-state index contributed by atoms with van der Waals surface area (Å²) in [6, 6.07) is 12.3. The van der Waals surface area contributed by atoms with E-state index in [0.717, 1.165) is 34.2 Å². The molecular formula is C19H19FN2O2. The quantitative estimate of drug-likeness (QED) is 0.731. The second kappa shape index (κ2) is 7.17. The third kappa shape index (κ3) is 3.74. The van der Waals surface area contributed by atoms with Gasteiger partial charge in [0.15, 0.2) is 0 Å². The minimum atomic E-state index is -0.303. The maximum Gasteiger partial charge on any atom is 0.224 e. The summed E-state index contributed by atoms with van der Waals surface area (Å²) in [5.74, 6) is 0.436.